The molecule has 178 valence electrons. The molecule has 0 aliphatic rings. The molecule has 1 N–H and O–H groups in total. The number of esters is 1. The zero-order valence-electron chi connectivity index (χ0n) is 21.6. The first kappa shape index (κ1) is 27.4. The number of aryl methyl sites for hydroxylation is 1. The molecule has 5 heteroatoms. The van der Waals surface area contributed by atoms with Crippen molar-refractivity contribution in [2.45, 2.75) is 117 Å². The Morgan fingerprint density at radius 3 is 1.74 bits per heavy atom. The first-order valence-corrected chi connectivity index (χ1v) is 11.2. The van der Waals surface area contributed by atoms with Gasteiger partial charge in [-0.25, -0.2) is 9.78 Å². The second kappa shape index (κ2) is 9.91. The normalized spacial score (nSPS) is 13.4. The van der Waals surface area contributed by atoms with Gasteiger partial charge in [0, 0.05) is 12.8 Å². The fourth-order valence-electron chi connectivity index (χ4n) is 2.99. The van der Waals surface area contributed by atoms with Crippen LogP contribution in [0.25, 0.3) is 0 Å². The average Bonchev–Trinajstić information content (AvgIpc) is 2.56. The minimum absolute atomic E-state index is 0.193. The minimum atomic E-state index is -0.548. The molecule has 0 bridgehead atoms. The van der Waals surface area contributed by atoms with Gasteiger partial charge in [-0.3, -0.25) is 4.79 Å². The van der Waals surface area contributed by atoms with Crippen LogP contribution < -0.4 is 0 Å². The van der Waals surface area contributed by atoms with Crippen molar-refractivity contribution in [1.29, 1.82) is 0 Å². The molecule has 0 aliphatic carbocycles. The molecule has 0 aliphatic heterocycles. The molecule has 0 unspecified atom stereocenters. The molecule has 0 saturated heterocycles. The summed E-state index contributed by atoms with van der Waals surface area (Å²) in [7, 11) is 0. The van der Waals surface area contributed by atoms with E-state index >= 15 is 0 Å². The number of benzene rings is 1. The third-order valence-electron chi connectivity index (χ3n) is 4.89. The number of hydrogen-bond acceptors (Lipinski definition) is 5. The van der Waals surface area contributed by atoms with E-state index in [1.807, 2.05) is 46.8 Å². The van der Waals surface area contributed by atoms with Crippen LogP contribution in [0, 0.1) is 0 Å². The lowest BCUT2D eigenvalue weighted by Gasteiger charge is -2.28. The largest absolute Gasteiger partial charge is 0.507 e. The topological polar surface area (TPSA) is 65.0 Å². The predicted molar refractivity (Wildman–Crippen MR) is 125 cm³/mol. The molecular formula is C26H44O5. The Hall–Kier alpha value is -1.59. The monoisotopic (exact) mass is 436 g/mol. The molecule has 0 fully saturated rings. The molecule has 1 aromatic rings. The number of rotatable bonds is 8. The number of carbonyl (C=O) groups excluding carboxylic acids is 1. The third-order valence-corrected chi connectivity index (χ3v) is 4.89. The van der Waals surface area contributed by atoms with Gasteiger partial charge in [0.1, 0.15) is 11.4 Å². The van der Waals surface area contributed by atoms with Crippen LogP contribution in [0.1, 0.15) is 106 Å². The van der Waals surface area contributed by atoms with Gasteiger partial charge in [0.15, 0.2) is 0 Å². The Kier molecular flexibility index (Phi) is 8.77. The summed E-state index contributed by atoms with van der Waals surface area (Å²) < 4.78 is 5.43. The summed E-state index contributed by atoms with van der Waals surface area (Å²) in [5, 5.41) is 10.8. The first-order chi connectivity index (χ1) is 13.8. The fourth-order valence-corrected chi connectivity index (χ4v) is 2.99. The fraction of sp³-hybridized carbons (Fsp3) is 0.731. The molecule has 0 amide bonds. The molecular weight excluding hydrogens is 392 g/mol. The summed E-state index contributed by atoms with van der Waals surface area (Å²) >= 11 is 0. The van der Waals surface area contributed by atoms with Gasteiger partial charge in [0.2, 0.25) is 0 Å². The second-order valence-electron chi connectivity index (χ2n) is 12.0. The average molecular weight is 437 g/mol. The van der Waals surface area contributed by atoms with Gasteiger partial charge < -0.3 is 9.84 Å². The van der Waals surface area contributed by atoms with Gasteiger partial charge in [0.05, 0.1) is 12.2 Å². The van der Waals surface area contributed by atoms with Crippen LogP contribution in [0.2, 0.25) is 0 Å². The zero-order valence-corrected chi connectivity index (χ0v) is 21.6. The number of phenols is 1. The molecule has 1 rings (SSSR count). The molecule has 0 radical (unpaired) electrons. The van der Waals surface area contributed by atoms with Crippen molar-refractivity contribution in [3.63, 3.8) is 0 Å². The van der Waals surface area contributed by atoms with Crippen molar-refractivity contribution < 1.29 is 24.4 Å². The van der Waals surface area contributed by atoms with Crippen LogP contribution in [0.5, 0.6) is 5.75 Å². The summed E-state index contributed by atoms with van der Waals surface area (Å²) in [4.78, 5) is 23.2. The van der Waals surface area contributed by atoms with Crippen molar-refractivity contribution in [3.05, 3.63) is 28.8 Å². The zero-order chi connectivity index (χ0) is 24.3. The van der Waals surface area contributed by atoms with E-state index < -0.39 is 11.2 Å². The van der Waals surface area contributed by atoms with Crippen molar-refractivity contribution in [2.24, 2.45) is 0 Å². The Labute approximate surface area is 189 Å². The van der Waals surface area contributed by atoms with Gasteiger partial charge in [-0.1, -0.05) is 53.7 Å². The number of carbonyl (C=O) groups is 1. The highest BCUT2D eigenvalue weighted by atomic mass is 17.2. The van der Waals surface area contributed by atoms with E-state index in [1.54, 1.807) is 0 Å². The number of aromatic hydroxyl groups is 1. The summed E-state index contributed by atoms with van der Waals surface area (Å²) in [5.74, 6) is 0.112. The lowest BCUT2D eigenvalue weighted by molar-refractivity contribution is -0.398. The van der Waals surface area contributed by atoms with Crippen LogP contribution in [-0.2, 0) is 36.6 Å². The lowest BCUT2D eigenvalue weighted by Crippen LogP contribution is -2.32. The van der Waals surface area contributed by atoms with Gasteiger partial charge in [-0.15, -0.1) is 0 Å². The summed E-state index contributed by atoms with van der Waals surface area (Å²) in [5.41, 5.74) is 1.51. The smallest absolute Gasteiger partial charge is 0.306 e. The van der Waals surface area contributed by atoms with Gasteiger partial charge >= 0.3 is 5.97 Å². The molecule has 1 aromatic carbocycles. The van der Waals surface area contributed by atoms with E-state index in [0.717, 1.165) is 16.7 Å². The number of hydrogen-bond donors (Lipinski definition) is 1. The van der Waals surface area contributed by atoms with Crippen LogP contribution in [0.3, 0.4) is 0 Å². The lowest BCUT2D eigenvalue weighted by atomic mass is 9.78. The van der Waals surface area contributed by atoms with E-state index in [9.17, 15) is 9.90 Å². The Morgan fingerprint density at radius 2 is 1.32 bits per heavy atom. The quantitative estimate of drug-likeness (QED) is 0.291. The van der Waals surface area contributed by atoms with Crippen molar-refractivity contribution in [3.8, 4) is 5.75 Å². The van der Waals surface area contributed by atoms with Gasteiger partial charge in [0.25, 0.3) is 0 Å². The Morgan fingerprint density at radius 1 is 0.839 bits per heavy atom. The van der Waals surface area contributed by atoms with E-state index in [2.05, 4.69) is 41.5 Å². The minimum Gasteiger partial charge on any atom is -0.507 e. The van der Waals surface area contributed by atoms with Crippen LogP contribution in [0.4, 0.5) is 0 Å². The van der Waals surface area contributed by atoms with Gasteiger partial charge in [-0.05, 0) is 68.6 Å². The number of phenolic OH excluding ortho intramolecular Hbond substituents is 1. The van der Waals surface area contributed by atoms with Crippen molar-refractivity contribution >= 4 is 5.97 Å². The molecule has 0 heterocycles. The van der Waals surface area contributed by atoms with E-state index in [0.29, 0.717) is 18.6 Å². The van der Waals surface area contributed by atoms with Crippen LogP contribution in [-0.4, -0.2) is 28.9 Å². The maximum absolute atomic E-state index is 12.3. The van der Waals surface area contributed by atoms with Crippen LogP contribution >= 0.6 is 0 Å². The second-order valence-corrected chi connectivity index (χ2v) is 12.0. The SMILES string of the molecule is CC(C)(C)OOC(C)(C)CCOC(=O)CCc1cc(C(C)(C)C)c(O)c(C(C)(C)C)c1. The standard InChI is InChI=1S/C26H44O5/c1-23(2,3)19-16-18(17-20(22(19)28)24(4,5)6)12-13-21(27)29-15-14-26(10,11)31-30-25(7,8)9/h16-17,28H,12-15H2,1-11H3. The summed E-state index contributed by atoms with van der Waals surface area (Å²) in [6.45, 7) is 22.3. The highest BCUT2D eigenvalue weighted by Crippen LogP contribution is 2.40. The molecule has 5 nitrogen and oxygen atoms in total. The molecule has 0 aromatic heterocycles. The molecule has 0 atom stereocenters. The predicted octanol–water partition coefficient (Wildman–Crippen LogP) is 6.38. The molecule has 0 saturated carbocycles. The van der Waals surface area contributed by atoms with Crippen LogP contribution in [0.15, 0.2) is 12.1 Å². The van der Waals surface area contributed by atoms with E-state index in [1.165, 1.54) is 0 Å². The highest BCUT2D eigenvalue weighted by Gasteiger charge is 2.27. The third kappa shape index (κ3) is 9.61. The van der Waals surface area contributed by atoms with Gasteiger partial charge in [-0.2, -0.15) is 0 Å². The maximum Gasteiger partial charge on any atom is 0.306 e. The molecule has 0 spiro atoms. The van der Waals surface area contributed by atoms with E-state index in [-0.39, 0.29) is 29.8 Å². The maximum atomic E-state index is 12.3. The highest BCUT2D eigenvalue weighted by molar-refractivity contribution is 5.69. The first-order valence-electron chi connectivity index (χ1n) is 11.2. The Balaban J connectivity index is 2.73. The molecule has 31 heavy (non-hydrogen) atoms. The van der Waals surface area contributed by atoms with Crippen molar-refractivity contribution in [2.75, 3.05) is 6.61 Å². The summed E-state index contributed by atoms with van der Waals surface area (Å²) in [6.07, 6.45) is 1.40. The Bertz CT molecular complexity index is 708. The number of ether oxygens (including phenoxy) is 1. The van der Waals surface area contributed by atoms with E-state index in [4.69, 9.17) is 14.5 Å². The van der Waals surface area contributed by atoms with Crippen molar-refractivity contribution in [1.82, 2.24) is 0 Å². The summed E-state index contributed by atoms with van der Waals surface area (Å²) in [6, 6.07) is 4.03.